The van der Waals surface area contributed by atoms with Crippen LogP contribution in [0.1, 0.15) is 23.3 Å². The molecule has 0 saturated carbocycles. The first-order valence-corrected chi connectivity index (χ1v) is 9.46. The summed E-state index contributed by atoms with van der Waals surface area (Å²) in [6, 6.07) is 6.94. The largest absolute Gasteiger partial charge is 0.474 e. The molecule has 1 unspecified atom stereocenters. The van der Waals surface area contributed by atoms with Crippen LogP contribution < -0.4 is 4.74 Å². The van der Waals surface area contributed by atoms with Gasteiger partial charge >= 0.3 is 0 Å². The smallest absolute Gasteiger partial charge is 0.263 e. The number of ether oxygens (including phenoxy) is 1. The van der Waals surface area contributed by atoms with Crippen LogP contribution in [-0.2, 0) is 4.84 Å². The SMILES string of the molecule is CO/N=C/c1cc(C(Oc2ccc3nc(Br)sc3c2)c2nnco2)ncc1F. The lowest BCUT2D eigenvalue weighted by atomic mass is 10.1. The number of oxime groups is 1. The summed E-state index contributed by atoms with van der Waals surface area (Å²) in [5.41, 5.74) is 1.40. The zero-order valence-electron chi connectivity index (χ0n) is 14.2. The molecule has 0 fully saturated rings. The van der Waals surface area contributed by atoms with E-state index in [1.165, 1.54) is 37.1 Å². The van der Waals surface area contributed by atoms with Crippen molar-refractivity contribution in [2.75, 3.05) is 7.11 Å². The van der Waals surface area contributed by atoms with Gasteiger partial charge in [0.25, 0.3) is 5.89 Å². The third-order valence-corrected chi connectivity index (χ3v) is 5.13. The van der Waals surface area contributed by atoms with Crippen LogP contribution >= 0.6 is 27.3 Å². The molecule has 0 aliphatic heterocycles. The van der Waals surface area contributed by atoms with Gasteiger partial charge in [-0.15, -0.1) is 21.5 Å². The Morgan fingerprint density at radius 3 is 3.04 bits per heavy atom. The fourth-order valence-electron chi connectivity index (χ4n) is 2.44. The molecule has 1 atom stereocenters. The Labute approximate surface area is 170 Å². The minimum absolute atomic E-state index is 0.180. The van der Waals surface area contributed by atoms with Crippen LogP contribution in [0.2, 0.25) is 0 Å². The molecule has 0 amide bonds. The van der Waals surface area contributed by atoms with Gasteiger partial charge in [0.1, 0.15) is 18.7 Å². The van der Waals surface area contributed by atoms with Gasteiger partial charge in [0.15, 0.2) is 3.92 Å². The fourth-order valence-corrected chi connectivity index (χ4v) is 3.88. The Morgan fingerprint density at radius 2 is 2.25 bits per heavy atom. The van der Waals surface area contributed by atoms with Crippen molar-refractivity contribution in [3.8, 4) is 5.75 Å². The summed E-state index contributed by atoms with van der Waals surface area (Å²) in [6.07, 6.45) is 2.66. The molecule has 0 saturated heterocycles. The van der Waals surface area contributed by atoms with Crippen molar-refractivity contribution in [3.63, 3.8) is 0 Å². The molecule has 3 heterocycles. The summed E-state index contributed by atoms with van der Waals surface area (Å²) in [5, 5.41) is 11.2. The number of benzene rings is 1. The van der Waals surface area contributed by atoms with E-state index < -0.39 is 11.9 Å². The molecule has 3 aromatic heterocycles. The van der Waals surface area contributed by atoms with E-state index in [2.05, 4.69) is 46.1 Å². The number of fused-ring (bicyclic) bond motifs is 1. The molecule has 8 nitrogen and oxygen atoms in total. The maximum Gasteiger partial charge on any atom is 0.263 e. The number of thiazole rings is 1. The first kappa shape index (κ1) is 18.4. The van der Waals surface area contributed by atoms with Crippen LogP contribution in [-0.4, -0.2) is 33.5 Å². The molecule has 0 bridgehead atoms. The molecular weight excluding hydrogens is 453 g/mol. The monoisotopic (exact) mass is 463 g/mol. The predicted octanol–water partition coefficient (Wildman–Crippen LogP) is 4.12. The van der Waals surface area contributed by atoms with Crippen LogP contribution in [0.4, 0.5) is 4.39 Å². The molecule has 142 valence electrons. The standard InChI is InChI=1S/C17H11BrFN5O3S/c1-25-22-6-9-4-13(20-7-11(9)19)15(16-24-21-8-26-16)27-10-2-3-12-14(5-10)28-17(18)23-12/h2-8,15H,1H3/b22-6+. The van der Waals surface area contributed by atoms with Gasteiger partial charge in [-0.05, 0) is 40.2 Å². The molecule has 28 heavy (non-hydrogen) atoms. The van der Waals surface area contributed by atoms with E-state index in [4.69, 9.17) is 9.15 Å². The van der Waals surface area contributed by atoms with E-state index in [1.54, 1.807) is 6.07 Å². The minimum atomic E-state index is -0.841. The third-order valence-electron chi connectivity index (χ3n) is 3.66. The van der Waals surface area contributed by atoms with Gasteiger partial charge in [-0.2, -0.15) is 0 Å². The van der Waals surface area contributed by atoms with Crippen molar-refractivity contribution in [2.24, 2.45) is 5.16 Å². The highest BCUT2D eigenvalue weighted by Crippen LogP contribution is 2.32. The topological polar surface area (TPSA) is 95.5 Å². The maximum atomic E-state index is 14.0. The van der Waals surface area contributed by atoms with E-state index in [1.807, 2.05) is 12.1 Å². The maximum absolute atomic E-state index is 14.0. The van der Waals surface area contributed by atoms with Crippen molar-refractivity contribution in [2.45, 2.75) is 6.10 Å². The molecule has 11 heteroatoms. The first-order chi connectivity index (χ1) is 13.6. The second-order valence-corrected chi connectivity index (χ2v) is 7.73. The summed E-state index contributed by atoms with van der Waals surface area (Å²) in [4.78, 5) is 13.1. The number of aromatic nitrogens is 4. The van der Waals surface area contributed by atoms with E-state index in [9.17, 15) is 4.39 Å². The Balaban J connectivity index is 1.72. The van der Waals surface area contributed by atoms with Gasteiger partial charge < -0.3 is 14.0 Å². The van der Waals surface area contributed by atoms with E-state index in [-0.39, 0.29) is 11.5 Å². The lowest BCUT2D eigenvalue weighted by Gasteiger charge is -2.16. The Hall–Kier alpha value is -2.92. The quantitative estimate of drug-likeness (QED) is 0.313. The highest BCUT2D eigenvalue weighted by molar-refractivity contribution is 9.11. The number of nitrogens with zero attached hydrogens (tertiary/aromatic N) is 5. The molecule has 0 aliphatic rings. The number of rotatable bonds is 6. The van der Waals surface area contributed by atoms with Gasteiger partial charge in [-0.25, -0.2) is 9.37 Å². The lowest BCUT2D eigenvalue weighted by molar-refractivity contribution is 0.203. The van der Waals surface area contributed by atoms with Crippen molar-refractivity contribution in [1.29, 1.82) is 0 Å². The Morgan fingerprint density at radius 1 is 1.36 bits per heavy atom. The summed E-state index contributed by atoms with van der Waals surface area (Å²) >= 11 is 4.85. The number of pyridine rings is 1. The normalized spacial score (nSPS) is 12.5. The summed E-state index contributed by atoms with van der Waals surface area (Å²) in [6.45, 7) is 0. The zero-order chi connectivity index (χ0) is 19.5. The van der Waals surface area contributed by atoms with Crippen LogP contribution in [0.15, 0.2) is 50.3 Å². The van der Waals surface area contributed by atoms with Crippen molar-refractivity contribution < 1.29 is 18.4 Å². The molecule has 0 radical (unpaired) electrons. The molecule has 0 aliphatic carbocycles. The van der Waals surface area contributed by atoms with E-state index in [0.29, 0.717) is 11.4 Å². The van der Waals surface area contributed by atoms with Gasteiger partial charge in [0.2, 0.25) is 12.5 Å². The van der Waals surface area contributed by atoms with Crippen LogP contribution in [0.5, 0.6) is 5.75 Å². The zero-order valence-corrected chi connectivity index (χ0v) is 16.6. The fraction of sp³-hybridized carbons (Fsp3) is 0.118. The van der Waals surface area contributed by atoms with Gasteiger partial charge in [-0.3, -0.25) is 4.98 Å². The Bertz CT molecular complexity index is 1140. The van der Waals surface area contributed by atoms with Gasteiger partial charge in [0, 0.05) is 5.56 Å². The molecule has 4 rings (SSSR count). The van der Waals surface area contributed by atoms with Crippen LogP contribution in [0.25, 0.3) is 10.2 Å². The predicted molar refractivity (Wildman–Crippen MR) is 103 cm³/mol. The second kappa shape index (κ2) is 7.98. The molecule has 4 aromatic rings. The number of halogens is 2. The van der Waals surface area contributed by atoms with E-state index in [0.717, 1.165) is 20.3 Å². The van der Waals surface area contributed by atoms with Crippen molar-refractivity contribution in [3.05, 3.63) is 63.7 Å². The van der Waals surface area contributed by atoms with Gasteiger partial charge in [0.05, 0.1) is 28.3 Å². The molecule has 0 N–H and O–H groups in total. The number of hydrogen-bond acceptors (Lipinski definition) is 9. The molecular formula is C17H11BrFN5O3S. The molecule has 1 aromatic carbocycles. The second-order valence-electron chi connectivity index (χ2n) is 5.42. The van der Waals surface area contributed by atoms with E-state index >= 15 is 0 Å². The summed E-state index contributed by atoms with van der Waals surface area (Å²) in [5.74, 6) is 0.175. The first-order valence-electron chi connectivity index (χ1n) is 7.85. The summed E-state index contributed by atoms with van der Waals surface area (Å²) in [7, 11) is 1.37. The average molecular weight is 464 g/mol. The Kier molecular flexibility index (Phi) is 5.26. The lowest BCUT2D eigenvalue weighted by Crippen LogP contribution is -2.13. The van der Waals surface area contributed by atoms with Crippen molar-refractivity contribution >= 4 is 43.7 Å². The third kappa shape index (κ3) is 3.85. The van der Waals surface area contributed by atoms with Crippen LogP contribution in [0, 0.1) is 5.82 Å². The summed E-state index contributed by atoms with van der Waals surface area (Å²) < 4.78 is 27.1. The van der Waals surface area contributed by atoms with Crippen molar-refractivity contribution in [1.82, 2.24) is 20.2 Å². The number of hydrogen-bond donors (Lipinski definition) is 0. The molecule has 0 spiro atoms. The highest BCUT2D eigenvalue weighted by Gasteiger charge is 2.24. The highest BCUT2D eigenvalue weighted by atomic mass is 79.9. The van der Waals surface area contributed by atoms with Gasteiger partial charge in [-0.1, -0.05) is 5.16 Å². The minimum Gasteiger partial charge on any atom is -0.474 e. The van der Waals surface area contributed by atoms with Crippen LogP contribution in [0.3, 0.4) is 0 Å². The average Bonchev–Trinajstić information content (AvgIpc) is 3.34.